The van der Waals surface area contributed by atoms with Gasteiger partial charge in [0.1, 0.15) is 0 Å². The quantitative estimate of drug-likeness (QED) is 0.483. The van der Waals surface area contributed by atoms with Crippen LogP contribution in [-0.2, 0) is 23.9 Å². The molecule has 0 spiro atoms. The van der Waals surface area contributed by atoms with Crippen LogP contribution in [0.3, 0.4) is 0 Å². The van der Waals surface area contributed by atoms with Gasteiger partial charge in [0.15, 0.2) is 18.1 Å². The zero-order chi connectivity index (χ0) is 21.2. The highest BCUT2D eigenvalue weighted by Gasteiger charge is 2.28. The molecule has 1 aliphatic rings. The minimum Gasteiger partial charge on any atom is -0.493 e. The lowest BCUT2D eigenvalue weighted by Crippen LogP contribution is -2.42. The lowest BCUT2D eigenvalue weighted by atomic mass is 9.97. The van der Waals surface area contributed by atoms with Gasteiger partial charge in [0, 0.05) is 24.7 Å². The van der Waals surface area contributed by atoms with Crippen molar-refractivity contribution < 1.29 is 33.3 Å². The van der Waals surface area contributed by atoms with Gasteiger partial charge in [-0.05, 0) is 31.9 Å². The van der Waals surface area contributed by atoms with Gasteiger partial charge >= 0.3 is 11.9 Å². The van der Waals surface area contributed by atoms with E-state index in [2.05, 4.69) is 0 Å². The van der Waals surface area contributed by atoms with Crippen molar-refractivity contribution in [2.24, 2.45) is 5.92 Å². The van der Waals surface area contributed by atoms with Crippen LogP contribution in [-0.4, -0.2) is 63.3 Å². The van der Waals surface area contributed by atoms with E-state index in [4.69, 9.17) is 18.9 Å². The van der Waals surface area contributed by atoms with Crippen LogP contribution in [0.2, 0.25) is 0 Å². The fourth-order valence-corrected chi connectivity index (χ4v) is 3.10. The number of hydrogen-bond acceptors (Lipinski definition) is 7. The van der Waals surface area contributed by atoms with E-state index in [1.54, 1.807) is 36.1 Å². The van der Waals surface area contributed by atoms with Crippen molar-refractivity contribution in [3.8, 4) is 11.5 Å². The van der Waals surface area contributed by atoms with Gasteiger partial charge in [0.25, 0.3) is 5.91 Å². The van der Waals surface area contributed by atoms with E-state index < -0.39 is 5.97 Å². The summed E-state index contributed by atoms with van der Waals surface area (Å²) >= 11 is 0. The minimum atomic E-state index is -0.635. The number of carbonyl (C=O) groups excluding carboxylic acids is 3. The second-order valence-electron chi connectivity index (χ2n) is 6.43. The van der Waals surface area contributed by atoms with Crippen LogP contribution in [0.25, 0.3) is 6.08 Å². The highest BCUT2D eigenvalue weighted by molar-refractivity contribution is 5.90. The normalized spacial score (nSPS) is 14.5. The molecule has 0 saturated carbocycles. The summed E-state index contributed by atoms with van der Waals surface area (Å²) in [5.74, 6) is -0.270. The van der Waals surface area contributed by atoms with Crippen LogP contribution < -0.4 is 9.47 Å². The first kappa shape index (κ1) is 22.3. The number of ether oxygens (including phenoxy) is 4. The summed E-state index contributed by atoms with van der Waals surface area (Å²) in [5.41, 5.74) is 0.649. The summed E-state index contributed by atoms with van der Waals surface area (Å²) in [6, 6.07) is 5.29. The molecule has 158 valence electrons. The minimum absolute atomic E-state index is 0.178. The maximum absolute atomic E-state index is 12.2. The van der Waals surface area contributed by atoms with Crippen molar-refractivity contribution in [1.29, 1.82) is 0 Å². The molecule has 8 nitrogen and oxygen atoms in total. The molecule has 1 amide bonds. The first-order valence-electron chi connectivity index (χ1n) is 9.50. The number of piperidine rings is 1. The Bertz CT molecular complexity index is 751. The molecule has 0 aliphatic carbocycles. The number of nitrogens with zero attached hydrogens (tertiary/aromatic N) is 1. The molecule has 1 aromatic carbocycles. The summed E-state index contributed by atoms with van der Waals surface area (Å²) in [6.07, 6.45) is 3.87. The summed E-state index contributed by atoms with van der Waals surface area (Å²) in [5, 5.41) is 0. The maximum atomic E-state index is 12.2. The van der Waals surface area contributed by atoms with Crippen LogP contribution >= 0.6 is 0 Å². The first-order valence-corrected chi connectivity index (χ1v) is 9.50. The first-order chi connectivity index (χ1) is 14.0. The Morgan fingerprint density at radius 1 is 1.10 bits per heavy atom. The molecular weight excluding hydrogens is 378 g/mol. The molecule has 8 heteroatoms. The van der Waals surface area contributed by atoms with E-state index in [-0.39, 0.29) is 24.4 Å². The van der Waals surface area contributed by atoms with Crippen molar-refractivity contribution in [2.75, 3.05) is 40.5 Å². The number of para-hydroxylation sites is 1. The highest BCUT2D eigenvalue weighted by Crippen LogP contribution is 2.31. The third-order valence-electron chi connectivity index (χ3n) is 4.64. The topological polar surface area (TPSA) is 91.4 Å². The average molecular weight is 405 g/mol. The summed E-state index contributed by atoms with van der Waals surface area (Å²) < 4.78 is 20.6. The Hall–Kier alpha value is -3.03. The molecule has 1 fully saturated rings. The fraction of sp³-hybridized carbons (Fsp3) is 0.476. The Balaban J connectivity index is 1.82. The number of esters is 2. The van der Waals surface area contributed by atoms with Gasteiger partial charge in [0.05, 0.1) is 26.7 Å². The number of benzene rings is 1. The van der Waals surface area contributed by atoms with E-state index in [9.17, 15) is 14.4 Å². The van der Waals surface area contributed by atoms with Crippen LogP contribution in [0.15, 0.2) is 24.3 Å². The maximum Gasteiger partial charge on any atom is 0.331 e. The molecule has 0 bridgehead atoms. The molecule has 0 unspecified atom stereocenters. The van der Waals surface area contributed by atoms with Gasteiger partial charge in [-0.3, -0.25) is 9.59 Å². The molecule has 1 heterocycles. The number of rotatable bonds is 8. The van der Waals surface area contributed by atoms with Crippen LogP contribution in [0.1, 0.15) is 25.3 Å². The number of hydrogen-bond donors (Lipinski definition) is 0. The second kappa shape index (κ2) is 11.1. The molecule has 0 aromatic heterocycles. The Labute approximate surface area is 170 Å². The fourth-order valence-electron chi connectivity index (χ4n) is 3.10. The molecule has 0 atom stereocenters. The predicted octanol–water partition coefficient (Wildman–Crippen LogP) is 2.06. The number of methoxy groups -OCH3 is 2. The van der Waals surface area contributed by atoms with Gasteiger partial charge in [-0.25, -0.2) is 4.79 Å². The largest absolute Gasteiger partial charge is 0.493 e. The molecule has 0 N–H and O–H groups in total. The SMILES string of the molecule is CCOC(=O)C1CCN(C(=O)COC(=O)/C=C/c2cccc(OC)c2OC)CC1. The van der Waals surface area contributed by atoms with Gasteiger partial charge in [-0.15, -0.1) is 0 Å². The molecule has 0 radical (unpaired) electrons. The predicted molar refractivity (Wildman–Crippen MR) is 105 cm³/mol. The van der Waals surface area contributed by atoms with Gasteiger partial charge in [0.2, 0.25) is 0 Å². The van der Waals surface area contributed by atoms with Crippen LogP contribution in [0, 0.1) is 5.92 Å². The summed E-state index contributed by atoms with van der Waals surface area (Å²) in [7, 11) is 3.04. The zero-order valence-corrected chi connectivity index (χ0v) is 17.0. The lowest BCUT2D eigenvalue weighted by Gasteiger charge is -2.30. The summed E-state index contributed by atoms with van der Waals surface area (Å²) in [6.45, 7) is 2.66. The highest BCUT2D eigenvalue weighted by atomic mass is 16.5. The van der Waals surface area contributed by atoms with E-state index in [1.165, 1.54) is 20.3 Å². The Morgan fingerprint density at radius 2 is 1.83 bits per heavy atom. The number of amides is 1. The zero-order valence-electron chi connectivity index (χ0n) is 17.0. The molecule has 1 saturated heterocycles. The average Bonchev–Trinajstić information content (AvgIpc) is 2.75. The van der Waals surface area contributed by atoms with E-state index in [0.29, 0.717) is 49.6 Å². The van der Waals surface area contributed by atoms with E-state index in [1.807, 2.05) is 0 Å². The molecule has 1 aromatic rings. The van der Waals surface area contributed by atoms with Crippen molar-refractivity contribution in [2.45, 2.75) is 19.8 Å². The van der Waals surface area contributed by atoms with Crippen LogP contribution in [0.5, 0.6) is 11.5 Å². The number of likely N-dealkylation sites (tertiary alicyclic amines) is 1. The Morgan fingerprint density at radius 3 is 2.45 bits per heavy atom. The number of carbonyl (C=O) groups is 3. The van der Waals surface area contributed by atoms with Gasteiger partial charge < -0.3 is 23.8 Å². The Kier molecular flexibility index (Phi) is 8.51. The molecule has 29 heavy (non-hydrogen) atoms. The second-order valence-corrected chi connectivity index (χ2v) is 6.43. The van der Waals surface area contributed by atoms with Crippen LogP contribution in [0.4, 0.5) is 0 Å². The third kappa shape index (κ3) is 6.23. The molecule has 1 aliphatic heterocycles. The van der Waals surface area contributed by atoms with Gasteiger partial charge in [-0.1, -0.05) is 12.1 Å². The van der Waals surface area contributed by atoms with E-state index >= 15 is 0 Å². The lowest BCUT2D eigenvalue weighted by molar-refractivity contribution is -0.153. The van der Waals surface area contributed by atoms with Crippen molar-refractivity contribution in [3.05, 3.63) is 29.8 Å². The molecule has 2 rings (SSSR count). The monoisotopic (exact) mass is 405 g/mol. The van der Waals surface area contributed by atoms with Crippen molar-refractivity contribution in [1.82, 2.24) is 4.90 Å². The van der Waals surface area contributed by atoms with Crippen molar-refractivity contribution in [3.63, 3.8) is 0 Å². The van der Waals surface area contributed by atoms with Crippen molar-refractivity contribution >= 4 is 23.9 Å². The third-order valence-corrected chi connectivity index (χ3v) is 4.64. The molecular formula is C21H27NO7. The van der Waals surface area contributed by atoms with E-state index in [0.717, 1.165) is 0 Å². The standard InChI is InChI=1S/C21H27NO7/c1-4-28-21(25)16-10-12-22(13-11-16)18(23)14-29-19(24)9-8-15-6-5-7-17(26-2)20(15)27-3/h5-9,16H,4,10-14H2,1-3H3/b9-8+. The smallest absolute Gasteiger partial charge is 0.331 e. The summed E-state index contributed by atoms with van der Waals surface area (Å²) in [4.78, 5) is 37.5. The van der Waals surface area contributed by atoms with Gasteiger partial charge in [-0.2, -0.15) is 0 Å².